The van der Waals surface area contributed by atoms with Gasteiger partial charge in [-0.05, 0) is 38.5 Å². The predicted octanol–water partition coefficient (Wildman–Crippen LogP) is 3.13. The molecule has 19 heavy (non-hydrogen) atoms. The van der Waals surface area contributed by atoms with Gasteiger partial charge in [-0.2, -0.15) is 0 Å². The molecule has 0 radical (unpaired) electrons. The highest BCUT2D eigenvalue weighted by molar-refractivity contribution is 5.90. The van der Waals surface area contributed by atoms with Crippen molar-refractivity contribution in [2.24, 2.45) is 0 Å². The predicted molar refractivity (Wildman–Crippen MR) is 72.9 cm³/mol. The second-order valence-electron chi connectivity index (χ2n) is 5.13. The largest absolute Gasteiger partial charge is 0.481 e. The number of hydrogen-bond acceptors (Lipinski definition) is 3. The molecule has 1 aromatic rings. The Morgan fingerprint density at radius 1 is 1.32 bits per heavy atom. The minimum atomic E-state index is -0.889. The minimum Gasteiger partial charge on any atom is -0.481 e. The van der Waals surface area contributed by atoms with Crippen molar-refractivity contribution >= 4 is 18.0 Å². The van der Waals surface area contributed by atoms with Crippen molar-refractivity contribution in [3.05, 3.63) is 41.5 Å². The Labute approximate surface area is 112 Å². The maximum atomic E-state index is 11.9. The first kappa shape index (κ1) is 15.0. The lowest BCUT2D eigenvalue weighted by Crippen LogP contribution is -2.23. The van der Waals surface area contributed by atoms with Crippen LogP contribution in [0.1, 0.15) is 43.1 Å². The number of benzene rings is 1. The van der Waals surface area contributed by atoms with Crippen molar-refractivity contribution in [1.29, 1.82) is 0 Å². The Morgan fingerprint density at radius 2 is 2.00 bits per heavy atom. The first-order valence-corrected chi connectivity index (χ1v) is 6.00. The van der Waals surface area contributed by atoms with Gasteiger partial charge < -0.3 is 9.84 Å². The van der Waals surface area contributed by atoms with Gasteiger partial charge in [-0.1, -0.05) is 24.3 Å². The quantitative estimate of drug-likeness (QED) is 0.847. The molecule has 0 aliphatic rings. The fraction of sp³-hybridized carbons (Fsp3) is 0.333. The third-order valence-corrected chi connectivity index (χ3v) is 2.12. The zero-order valence-corrected chi connectivity index (χ0v) is 11.3. The van der Waals surface area contributed by atoms with Gasteiger partial charge in [0.1, 0.15) is 5.60 Å². The molecule has 1 N–H and O–H groups in total. The summed E-state index contributed by atoms with van der Waals surface area (Å²) in [6, 6.07) is 6.88. The third-order valence-electron chi connectivity index (χ3n) is 2.12. The van der Waals surface area contributed by atoms with Crippen LogP contribution in [0.5, 0.6) is 0 Å². The molecule has 4 nitrogen and oxygen atoms in total. The van der Waals surface area contributed by atoms with Crippen LogP contribution in [0.15, 0.2) is 30.3 Å². The first-order valence-electron chi connectivity index (χ1n) is 6.00. The third kappa shape index (κ3) is 5.86. The zero-order valence-electron chi connectivity index (χ0n) is 11.3. The molecule has 4 heteroatoms. The molecule has 1 rings (SSSR count). The van der Waals surface area contributed by atoms with Crippen LogP contribution in [0, 0.1) is 0 Å². The van der Waals surface area contributed by atoms with E-state index in [1.807, 2.05) is 20.8 Å². The van der Waals surface area contributed by atoms with Crippen LogP contribution in [-0.4, -0.2) is 22.6 Å². The molecule has 0 amide bonds. The van der Waals surface area contributed by atoms with Gasteiger partial charge in [0.15, 0.2) is 0 Å². The van der Waals surface area contributed by atoms with Crippen LogP contribution in [0.2, 0.25) is 0 Å². The molecule has 1 aromatic carbocycles. The summed E-state index contributed by atoms with van der Waals surface area (Å²) in [6.07, 6.45) is 3.16. The monoisotopic (exact) mass is 262 g/mol. The number of aliphatic carboxylic acids is 1. The lowest BCUT2D eigenvalue weighted by Gasteiger charge is -2.19. The van der Waals surface area contributed by atoms with Crippen molar-refractivity contribution in [3.8, 4) is 0 Å². The van der Waals surface area contributed by atoms with Crippen LogP contribution in [-0.2, 0) is 9.53 Å². The molecule has 0 atom stereocenters. The van der Waals surface area contributed by atoms with E-state index in [2.05, 4.69) is 0 Å². The SMILES string of the molecule is CC(C)(C)OC(=O)c1cccc(C=CCC(=O)O)c1. The highest BCUT2D eigenvalue weighted by atomic mass is 16.6. The van der Waals surface area contributed by atoms with Gasteiger partial charge in [0.05, 0.1) is 12.0 Å². The summed E-state index contributed by atoms with van der Waals surface area (Å²) in [6.45, 7) is 5.42. The van der Waals surface area contributed by atoms with Crippen molar-refractivity contribution in [3.63, 3.8) is 0 Å². The molecule has 0 saturated carbocycles. The summed E-state index contributed by atoms with van der Waals surface area (Å²) >= 11 is 0. The van der Waals surface area contributed by atoms with E-state index in [0.717, 1.165) is 5.56 Å². The van der Waals surface area contributed by atoms with Crippen LogP contribution < -0.4 is 0 Å². The van der Waals surface area contributed by atoms with E-state index < -0.39 is 11.6 Å². The van der Waals surface area contributed by atoms with Crippen molar-refractivity contribution in [2.75, 3.05) is 0 Å². The summed E-state index contributed by atoms with van der Waals surface area (Å²) in [7, 11) is 0. The second kappa shape index (κ2) is 6.18. The fourth-order valence-corrected chi connectivity index (χ4v) is 1.40. The Kier molecular flexibility index (Phi) is 4.87. The van der Waals surface area contributed by atoms with Crippen LogP contribution >= 0.6 is 0 Å². The van der Waals surface area contributed by atoms with Gasteiger partial charge in [0, 0.05) is 0 Å². The molecular weight excluding hydrogens is 244 g/mol. The number of carbonyl (C=O) groups excluding carboxylic acids is 1. The normalized spacial score (nSPS) is 11.5. The molecule has 0 fully saturated rings. The molecule has 0 unspecified atom stereocenters. The average molecular weight is 262 g/mol. The van der Waals surface area contributed by atoms with E-state index in [4.69, 9.17) is 9.84 Å². The van der Waals surface area contributed by atoms with Gasteiger partial charge in [-0.3, -0.25) is 4.79 Å². The summed E-state index contributed by atoms with van der Waals surface area (Å²) in [5, 5.41) is 8.54. The first-order chi connectivity index (χ1) is 8.78. The highest BCUT2D eigenvalue weighted by Crippen LogP contribution is 2.14. The smallest absolute Gasteiger partial charge is 0.338 e. The number of esters is 1. The van der Waals surface area contributed by atoms with E-state index in [9.17, 15) is 9.59 Å². The van der Waals surface area contributed by atoms with E-state index in [1.54, 1.807) is 30.3 Å². The molecule has 0 saturated heterocycles. The number of ether oxygens (including phenoxy) is 1. The van der Waals surface area contributed by atoms with E-state index in [1.165, 1.54) is 6.08 Å². The summed E-state index contributed by atoms with van der Waals surface area (Å²) < 4.78 is 5.26. The van der Waals surface area contributed by atoms with Crippen molar-refractivity contribution < 1.29 is 19.4 Å². The maximum absolute atomic E-state index is 11.9. The Morgan fingerprint density at radius 3 is 2.58 bits per heavy atom. The zero-order chi connectivity index (χ0) is 14.5. The van der Waals surface area contributed by atoms with E-state index in [-0.39, 0.29) is 12.4 Å². The minimum absolute atomic E-state index is 0.0450. The maximum Gasteiger partial charge on any atom is 0.338 e. The molecular formula is C15H18O4. The van der Waals surface area contributed by atoms with Crippen LogP contribution in [0.4, 0.5) is 0 Å². The van der Waals surface area contributed by atoms with Gasteiger partial charge >= 0.3 is 11.9 Å². The number of hydrogen-bond donors (Lipinski definition) is 1. The van der Waals surface area contributed by atoms with Crippen LogP contribution in [0.3, 0.4) is 0 Å². The standard InChI is InChI=1S/C15H18O4/c1-15(2,3)19-14(18)12-8-4-6-11(10-12)7-5-9-13(16)17/h4-8,10H,9H2,1-3H3,(H,16,17). The van der Waals surface area contributed by atoms with E-state index in [0.29, 0.717) is 5.56 Å². The Hall–Kier alpha value is -2.10. The molecule has 0 bridgehead atoms. The molecule has 0 aromatic heterocycles. The Balaban J connectivity index is 2.79. The number of rotatable bonds is 4. The Bertz CT molecular complexity index is 495. The molecule has 0 spiro atoms. The average Bonchev–Trinajstić information content (AvgIpc) is 2.26. The van der Waals surface area contributed by atoms with Crippen molar-refractivity contribution in [2.45, 2.75) is 32.8 Å². The fourth-order valence-electron chi connectivity index (χ4n) is 1.40. The molecule has 0 aliphatic carbocycles. The molecule has 0 aliphatic heterocycles. The lowest BCUT2D eigenvalue weighted by molar-refractivity contribution is -0.135. The van der Waals surface area contributed by atoms with Crippen molar-refractivity contribution in [1.82, 2.24) is 0 Å². The number of carboxylic acids is 1. The second-order valence-corrected chi connectivity index (χ2v) is 5.13. The summed E-state index contributed by atoms with van der Waals surface area (Å²) in [5.74, 6) is -1.28. The lowest BCUT2D eigenvalue weighted by atomic mass is 10.1. The van der Waals surface area contributed by atoms with Gasteiger partial charge in [0.25, 0.3) is 0 Å². The highest BCUT2D eigenvalue weighted by Gasteiger charge is 2.17. The van der Waals surface area contributed by atoms with E-state index >= 15 is 0 Å². The summed E-state index contributed by atoms with van der Waals surface area (Å²) in [5.41, 5.74) is 0.684. The van der Waals surface area contributed by atoms with Gasteiger partial charge in [0.2, 0.25) is 0 Å². The summed E-state index contributed by atoms with van der Waals surface area (Å²) in [4.78, 5) is 22.3. The number of carboxylic acid groups (broad SMARTS) is 1. The number of carbonyl (C=O) groups is 2. The van der Waals surface area contributed by atoms with Crippen LogP contribution in [0.25, 0.3) is 6.08 Å². The molecule has 0 heterocycles. The van der Waals surface area contributed by atoms with Gasteiger partial charge in [-0.15, -0.1) is 0 Å². The molecule has 102 valence electrons. The van der Waals surface area contributed by atoms with Gasteiger partial charge in [-0.25, -0.2) is 4.79 Å². The topological polar surface area (TPSA) is 63.6 Å².